The Bertz CT molecular complexity index is 3530. The van der Waals surface area contributed by atoms with Crippen LogP contribution >= 0.6 is 30.3 Å². The standard InChI is InChI=1S/C66H86F2N9O12PS2/c1-40(42-22-24-44(25-23-42)56-41(2)70-39-91-56)71-59(82)49-34-48(78)37-77(49)63(86)57(64(3,4)5)72-53(79)21-15-10-9-11-16-28-69-54(80)35-55(81)74-30-31-76(50(38-74)61(84)75-29-17-20-45(36-75)43-18-13-12-14-19-43)62(85)58(65(6,7)8)73-60(83)52-33-46-32-47(26-27-51(46)92-52)66(67,68)90(87,88)89/h12-14,18-19,22-27,32-33,39-40,45,48-50,57-58,78H,9-11,15-17,20-21,28-31,34-38H2,1-8H3,(H,69,80)(H,71,82)(H,72,79)(H,73,83)(H2,87,88,89)/t40-,45?,48+,49-,50?,57?,58?/m0/s1. The number of nitrogens with zero attached hydrogens (tertiary/aromatic N) is 5. The van der Waals surface area contributed by atoms with Crippen molar-refractivity contribution in [2.24, 2.45) is 10.8 Å². The van der Waals surface area contributed by atoms with Gasteiger partial charge in [-0.25, -0.2) is 4.98 Å². The largest absolute Gasteiger partial charge is 0.399 e. The molecule has 7 atom stereocenters. The number of hydrogen-bond acceptors (Lipinski definition) is 13. The number of fused-ring (bicyclic) bond motifs is 1. The van der Waals surface area contributed by atoms with Crippen molar-refractivity contribution in [1.82, 2.24) is 45.9 Å². The molecule has 0 radical (unpaired) electrons. The molecule has 3 fully saturated rings. The van der Waals surface area contributed by atoms with Gasteiger partial charge in [0, 0.05) is 68.3 Å². The van der Waals surface area contributed by atoms with E-state index >= 15 is 0 Å². The van der Waals surface area contributed by atoms with E-state index in [1.165, 1.54) is 26.8 Å². The lowest BCUT2D eigenvalue weighted by atomic mass is 9.85. The van der Waals surface area contributed by atoms with Gasteiger partial charge in [-0.1, -0.05) is 121 Å². The van der Waals surface area contributed by atoms with Crippen LogP contribution in [0.15, 0.2) is 84.4 Å². The SMILES string of the molecule is Cc1ncsc1-c1ccc([C@H](C)NC(=O)[C@@H]2C[C@@H](O)CN2C(=O)C(NC(=O)CCCCCCCNC(=O)CC(=O)N2CCN(C(=O)C(NC(=O)c3cc4cc(C(F)(F)P(=O)(O)O)ccc4s3)C(C)(C)C)C(C(=O)N3CCCC(c4ccccc4)C3)C2)C(C)(C)C)cc1. The number of halogens is 2. The Hall–Kier alpha value is -7.02. The van der Waals surface area contributed by atoms with E-state index in [9.17, 15) is 66.6 Å². The van der Waals surface area contributed by atoms with Gasteiger partial charge in [-0.3, -0.25) is 42.9 Å². The first-order valence-electron chi connectivity index (χ1n) is 31.4. The zero-order chi connectivity index (χ0) is 67.0. The van der Waals surface area contributed by atoms with E-state index < -0.39 is 102 Å². The molecule has 3 aliphatic rings. The van der Waals surface area contributed by atoms with Gasteiger partial charge in [0.25, 0.3) is 5.91 Å². The normalized spacial score (nSPS) is 19.3. The highest BCUT2D eigenvalue weighted by atomic mass is 32.1. The van der Waals surface area contributed by atoms with E-state index in [0.29, 0.717) is 49.9 Å². The second-order valence-electron chi connectivity index (χ2n) is 26.6. The van der Waals surface area contributed by atoms with Crippen molar-refractivity contribution in [3.63, 3.8) is 0 Å². The Morgan fingerprint density at radius 1 is 0.739 bits per heavy atom. The van der Waals surface area contributed by atoms with Crippen LogP contribution in [0, 0.1) is 17.8 Å². The Morgan fingerprint density at radius 3 is 2.07 bits per heavy atom. The molecule has 5 aromatic rings. The number of aryl methyl sites for hydroxylation is 1. The van der Waals surface area contributed by atoms with Crippen molar-refractivity contribution < 1.29 is 66.6 Å². The van der Waals surface area contributed by atoms with Crippen molar-refractivity contribution in [1.29, 1.82) is 0 Å². The number of aliphatic hydroxyl groups is 1. The molecule has 0 spiro atoms. The monoisotopic (exact) mass is 1330 g/mol. The van der Waals surface area contributed by atoms with E-state index in [1.807, 2.05) is 89.2 Å². The molecule has 26 heteroatoms. The summed E-state index contributed by atoms with van der Waals surface area (Å²) in [5, 5.41) is 22.4. The number of amides is 8. The summed E-state index contributed by atoms with van der Waals surface area (Å²) in [6.07, 6.45) is 3.56. The molecule has 5 heterocycles. The topological polar surface area (TPSA) is 288 Å². The minimum absolute atomic E-state index is 0.0168. The lowest BCUT2D eigenvalue weighted by molar-refractivity contribution is -0.155. The first-order valence-corrected chi connectivity index (χ1v) is 34.7. The number of carbonyl (C=O) groups is 8. The lowest BCUT2D eigenvalue weighted by Gasteiger charge is -2.45. The summed E-state index contributed by atoms with van der Waals surface area (Å²) >= 11 is 2.48. The molecule has 0 aliphatic carbocycles. The van der Waals surface area contributed by atoms with Crippen molar-refractivity contribution >= 4 is 87.6 Å². The fourth-order valence-corrected chi connectivity index (χ4v) is 14.4. The van der Waals surface area contributed by atoms with Gasteiger partial charge in [0.1, 0.15) is 30.6 Å². The third-order valence-electron chi connectivity index (χ3n) is 17.4. The molecule has 498 valence electrons. The van der Waals surface area contributed by atoms with Crippen LogP contribution < -0.4 is 21.3 Å². The molecule has 0 saturated carbocycles. The van der Waals surface area contributed by atoms with Crippen LogP contribution in [0.3, 0.4) is 0 Å². The fourth-order valence-electron chi connectivity index (χ4n) is 12.1. The number of piperidine rings is 1. The summed E-state index contributed by atoms with van der Waals surface area (Å²) in [7, 11) is -5.87. The number of unbranched alkanes of at least 4 members (excludes halogenated alkanes) is 4. The van der Waals surface area contributed by atoms with Crippen molar-refractivity contribution in [2.45, 2.75) is 167 Å². The van der Waals surface area contributed by atoms with E-state index in [1.54, 1.807) is 42.5 Å². The average molecular weight is 1330 g/mol. The number of carbonyl (C=O) groups excluding carboxylic acids is 8. The molecule has 92 heavy (non-hydrogen) atoms. The maximum Gasteiger partial charge on any atom is 0.399 e. The molecule has 7 N–H and O–H groups in total. The van der Waals surface area contributed by atoms with Gasteiger partial charge in [-0.2, -0.15) is 8.78 Å². The molecule has 8 rings (SSSR count). The van der Waals surface area contributed by atoms with Crippen LogP contribution in [0.1, 0.15) is 157 Å². The summed E-state index contributed by atoms with van der Waals surface area (Å²) in [4.78, 5) is 142. The van der Waals surface area contributed by atoms with Crippen LogP contribution in [0.5, 0.6) is 0 Å². The minimum atomic E-state index is -5.87. The van der Waals surface area contributed by atoms with Gasteiger partial charge in [-0.05, 0) is 90.6 Å². The van der Waals surface area contributed by atoms with Gasteiger partial charge in [0.05, 0.1) is 39.6 Å². The number of nitrogens with one attached hydrogen (secondary N) is 4. The Kier molecular flexibility index (Phi) is 23.1. The number of piperazine rings is 1. The smallest absolute Gasteiger partial charge is 0.391 e. The number of benzene rings is 3. The van der Waals surface area contributed by atoms with Crippen molar-refractivity contribution in [3.8, 4) is 10.4 Å². The zero-order valence-electron chi connectivity index (χ0n) is 53.4. The van der Waals surface area contributed by atoms with E-state index in [-0.39, 0.29) is 79.6 Å². The summed E-state index contributed by atoms with van der Waals surface area (Å²) in [5.74, 6) is -3.91. The second kappa shape index (κ2) is 29.9. The number of alkyl halides is 2. The molecule has 4 unspecified atom stereocenters. The number of rotatable bonds is 23. The number of likely N-dealkylation sites (tertiary alicyclic amines) is 2. The predicted octanol–water partition coefficient (Wildman–Crippen LogP) is 8.37. The molecular formula is C66H86F2N9O12PS2. The van der Waals surface area contributed by atoms with Gasteiger partial charge in [0.2, 0.25) is 41.4 Å². The maximum atomic E-state index is 15.0. The molecular weight excluding hydrogens is 1240 g/mol. The van der Waals surface area contributed by atoms with Crippen LogP contribution in [0.2, 0.25) is 0 Å². The minimum Gasteiger partial charge on any atom is -0.391 e. The Labute approximate surface area is 543 Å². The Balaban J connectivity index is 0.810. The van der Waals surface area contributed by atoms with E-state index in [0.717, 1.165) is 63.6 Å². The number of aromatic nitrogens is 1. The lowest BCUT2D eigenvalue weighted by Crippen LogP contribution is -2.66. The number of β-amino-alcohol motifs (C(OH)–C–C–N with tert-alkyl or cyclic N) is 1. The van der Waals surface area contributed by atoms with Crippen LogP contribution in [0.4, 0.5) is 8.78 Å². The van der Waals surface area contributed by atoms with Crippen molar-refractivity contribution in [2.75, 3.05) is 45.8 Å². The number of hydrogen-bond donors (Lipinski definition) is 7. The highest BCUT2D eigenvalue weighted by Gasteiger charge is 2.51. The van der Waals surface area contributed by atoms with Crippen LogP contribution in [-0.2, 0) is 43.8 Å². The predicted molar refractivity (Wildman–Crippen MR) is 347 cm³/mol. The molecule has 8 amide bonds. The van der Waals surface area contributed by atoms with Gasteiger partial charge >= 0.3 is 13.3 Å². The first kappa shape index (κ1) is 70.8. The maximum absolute atomic E-state index is 15.0. The van der Waals surface area contributed by atoms with E-state index in [2.05, 4.69) is 26.3 Å². The summed E-state index contributed by atoms with van der Waals surface area (Å²) in [6, 6.07) is 17.2. The van der Waals surface area contributed by atoms with Gasteiger partial charge in [-0.15, -0.1) is 22.7 Å². The fraction of sp³-hybridized carbons (Fsp3) is 0.530. The number of thiophene rings is 1. The number of aliphatic hydroxyl groups excluding tert-OH is 1. The molecule has 3 saturated heterocycles. The first-order chi connectivity index (χ1) is 43.3. The third kappa shape index (κ3) is 17.4. The summed E-state index contributed by atoms with van der Waals surface area (Å²) in [6.45, 7) is 15.2. The van der Waals surface area contributed by atoms with Crippen molar-refractivity contribution in [3.05, 3.63) is 112 Å². The van der Waals surface area contributed by atoms with Gasteiger partial charge in [0.15, 0.2) is 0 Å². The molecule has 3 aliphatic heterocycles. The van der Waals surface area contributed by atoms with E-state index in [4.69, 9.17) is 0 Å². The van der Waals surface area contributed by atoms with Crippen LogP contribution in [0.25, 0.3) is 20.5 Å². The highest BCUT2D eigenvalue weighted by Crippen LogP contribution is 2.59. The summed E-state index contributed by atoms with van der Waals surface area (Å²) < 4.78 is 41.3. The zero-order valence-corrected chi connectivity index (χ0v) is 55.9. The average Bonchev–Trinajstić information content (AvgIpc) is 1.28. The third-order valence-corrected chi connectivity index (χ3v) is 20.5. The molecule has 0 bridgehead atoms. The van der Waals surface area contributed by atoms with Gasteiger partial charge < -0.3 is 55.8 Å². The Morgan fingerprint density at radius 2 is 1.40 bits per heavy atom. The van der Waals surface area contributed by atoms with Crippen LogP contribution in [-0.4, -0.2) is 163 Å². The molecule has 3 aromatic carbocycles. The second-order valence-corrected chi connectivity index (χ2v) is 30.2. The highest BCUT2D eigenvalue weighted by molar-refractivity contribution is 7.52. The molecule has 21 nitrogen and oxygen atoms in total. The quantitative estimate of drug-likeness (QED) is 0.0184. The molecule has 2 aromatic heterocycles. The summed E-state index contributed by atoms with van der Waals surface area (Å²) in [5.41, 5.74) is -1.39. The number of thiazole rings is 1.